The van der Waals surface area contributed by atoms with E-state index in [0.29, 0.717) is 0 Å². The van der Waals surface area contributed by atoms with Gasteiger partial charge in [-0.3, -0.25) is 9.69 Å². The van der Waals surface area contributed by atoms with Gasteiger partial charge in [0.25, 0.3) is 0 Å². The van der Waals surface area contributed by atoms with Crippen LogP contribution in [0, 0.1) is 0 Å². The largest absolute Gasteiger partial charge is 0.481 e. The van der Waals surface area contributed by atoms with E-state index in [0.717, 1.165) is 36.9 Å². The summed E-state index contributed by atoms with van der Waals surface area (Å²) in [6.07, 6.45) is 4.41. The summed E-state index contributed by atoms with van der Waals surface area (Å²) in [7, 11) is 1.83. The van der Waals surface area contributed by atoms with Crippen molar-refractivity contribution in [1.29, 1.82) is 0 Å². The van der Waals surface area contributed by atoms with Crippen LogP contribution in [0.2, 0.25) is 0 Å². The summed E-state index contributed by atoms with van der Waals surface area (Å²) in [4.78, 5) is 27.5. The van der Waals surface area contributed by atoms with Crippen LogP contribution in [0.3, 0.4) is 0 Å². The van der Waals surface area contributed by atoms with E-state index in [-0.39, 0.29) is 18.6 Å². The Balaban J connectivity index is 1.86. The monoisotopic (exact) mass is 288 g/mol. The number of urea groups is 1. The van der Waals surface area contributed by atoms with E-state index in [1.807, 2.05) is 25.2 Å². The van der Waals surface area contributed by atoms with Crippen molar-refractivity contribution in [2.75, 3.05) is 18.5 Å². The second-order valence-electron chi connectivity index (χ2n) is 5.89. The van der Waals surface area contributed by atoms with Crippen molar-refractivity contribution in [1.82, 2.24) is 4.90 Å². The summed E-state index contributed by atoms with van der Waals surface area (Å²) in [5.74, 6) is -1.50. The number of fused-ring (bicyclic) bond motifs is 1. The van der Waals surface area contributed by atoms with Gasteiger partial charge in [0.1, 0.15) is 5.92 Å². The second kappa shape index (κ2) is 5.39. The number of anilines is 1. The lowest BCUT2D eigenvalue weighted by Crippen LogP contribution is -2.45. The third-order valence-electron chi connectivity index (χ3n) is 4.67. The summed E-state index contributed by atoms with van der Waals surface area (Å²) in [5.41, 5.74) is 1.47. The van der Waals surface area contributed by atoms with Gasteiger partial charge < -0.3 is 10.0 Å². The Kier molecular flexibility index (Phi) is 3.57. The molecule has 1 aliphatic carbocycles. The zero-order valence-corrected chi connectivity index (χ0v) is 12.2. The van der Waals surface area contributed by atoms with Gasteiger partial charge in [0.15, 0.2) is 0 Å². The van der Waals surface area contributed by atoms with Gasteiger partial charge in [0, 0.05) is 25.3 Å². The molecule has 2 amide bonds. The summed E-state index contributed by atoms with van der Waals surface area (Å²) in [5, 5.41) is 9.36. The highest BCUT2D eigenvalue weighted by Gasteiger charge is 2.38. The van der Waals surface area contributed by atoms with E-state index in [9.17, 15) is 14.7 Å². The molecule has 1 aromatic carbocycles. The van der Waals surface area contributed by atoms with Crippen LogP contribution in [0.1, 0.15) is 37.2 Å². The summed E-state index contributed by atoms with van der Waals surface area (Å²) in [6, 6.07) is 7.50. The minimum Gasteiger partial charge on any atom is -0.481 e. The fourth-order valence-electron chi connectivity index (χ4n) is 3.44. The Bertz CT molecular complexity index is 566. The number of hydrogen-bond acceptors (Lipinski definition) is 2. The Morgan fingerprint density at radius 2 is 1.90 bits per heavy atom. The predicted molar refractivity (Wildman–Crippen MR) is 79.6 cm³/mol. The lowest BCUT2D eigenvalue weighted by molar-refractivity contribution is -0.138. The van der Waals surface area contributed by atoms with Crippen molar-refractivity contribution in [2.24, 2.45) is 0 Å². The highest BCUT2D eigenvalue weighted by Crippen LogP contribution is 2.37. The van der Waals surface area contributed by atoms with E-state index < -0.39 is 11.9 Å². The van der Waals surface area contributed by atoms with Gasteiger partial charge in [-0.15, -0.1) is 0 Å². The maximum Gasteiger partial charge on any atom is 0.324 e. The normalized spacial score (nSPS) is 21.4. The van der Waals surface area contributed by atoms with E-state index in [4.69, 9.17) is 0 Å². The number of para-hydroxylation sites is 1. The minimum absolute atomic E-state index is 0.0851. The molecule has 3 rings (SSSR count). The van der Waals surface area contributed by atoms with Crippen LogP contribution < -0.4 is 4.90 Å². The number of hydrogen-bond donors (Lipinski definition) is 1. The van der Waals surface area contributed by atoms with Crippen molar-refractivity contribution < 1.29 is 14.7 Å². The van der Waals surface area contributed by atoms with Crippen LogP contribution in [-0.2, 0) is 4.79 Å². The fraction of sp³-hybridized carbons (Fsp3) is 0.500. The highest BCUT2D eigenvalue weighted by atomic mass is 16.4. The van der Waals surface area contributed by atoms with Gasteiger partial charge in [-0.1, -0.05) is 31.0 Å². The maximum atomic E-state index is 12.7. The van der Waals surface area contributed by atoms with Crippen molar-refractivity contribution in [3.8, 4) is 0 Å². The van der Waals surface area contributed by atoms with Gasteiger partial charge in [-0.05, 0) is 24.5 Å². The van der Waals surface area contributed by atoms with Crippen LogP contribution in [0.25, 0.3) is 0 Å². The summed E-state index contributed by atoms with van der Waals surface area (Å²) < 4.78 is 0. The second-order valence-corrected chi connectivity index (χ2v) is 5.89. The first kappa shape index (κ1) is 13.9. The number of amides is 2. The third kappa shape index (κ3) is 2.37. The third-order valence-corrected chi connectivity index (χ3v) is 4.67. The molecule has 1 unspecified atom stereocenters. The average molecular weight is 288 g/mol. The van der Waals surface area contributed by atoms with E-state index in [1.165, 1.54) is 0 Å². The summed E-state index contributed by atoms with van der Waals surface area (Å²) >= 11 is 0. The first-order valence-corrected chi connectivity index (χ1v) is 7.45. The van der Waals surface area contributed by atoms with Crippen molar-refractivity contribution >= 4 is 17.7 Å². The van der Waals surface area contributed by atoms with Gasteiger partial charge in [-0.2, -0.15) is 0 Å². The maximum absolute atomic E-state index is 12.7. The smallest absolute Gasteiger partial charge is 0.324 e. The fourth-order valence-corrected chi connectivity index (χ4v) is 3.44. The molecule has 1 heterocycles. The predicted octanol–water partition coefficient (Wildman–Crippen LogP) is 2.67. The molecule has 0 spiro atoms. The molecule has 1 fully saturated rings. The Hall–Kier alpha value is -2.04. The molecular formula is C16H20N2O3. The van der Waals surface area contributed by atoms with Crippen molar-refractivity contribution in [3.63, 3.8) is 0 Å². The zero-order valence-electron chi connectivity index (χ0n) is 12.2. The van der Waals surface area contributed by atoms with Crippen LogP contribution >= 0.6 is 0 Å². The Labute approximate surface area is 124 Å². The van der Waals surface area contributed by atoms with Gasteiger partial charge in [-0.25, -0.2) is 4.79 Å². The average Bonchev–Trinajstić information content (AvgIpc) is 3.13. The minimum atomic E-state index is -0.874. The molecule has 1 saturated carbocycles. The lowest BCUT2D eigenvalue weighted by atomic mass is 10.0. The number of benzene rings is 1. The lowest BCUT2D eigenvalue weighted by Gasteiger charge is -2.29. The molecule has 1 aliphatic heterocycles. The van der Waals surface area contributed by atoms with Crippen molar-refractivity contribution in [3.05, 3.63) is 29.8 Å². The molecule has 2 aliphatic rings. The Morgan fingerprint density at radius 1 is 1.24 bits per heavy atom. The number of rotatable bonds is 2. The van der Waals surface area contributed by atoms with Crippen LogP contribution in [0.5, 0.6) is 0 Å². The molecule has 5 nitrogen and oxygen atoms in total. The van der Waals surface area contributed by atoms with E-state index in [1.54, 1.807) is 15.9 Å². The first-order valence-electron chi connectivity index (χ1n) is 7.45. The molecule has 1 atom stereocenters. The highest BCUT2D eigenvalue weighted by molar-refractivity contribution is 5.98. The van der Waals surface area contributed by atoms with Gasteiger partial charge >= 0.3 is 12.0 Å². The Morgan fingerprint density at radius 3 is 2.57 bits per heavy atom. The number of carboxylic acids is 1. The molecule has 21 heavy (non-hydrogen) atoms. The number of carbonyl (C=O) groups excluding carboxylic acids is 1. The number of nitrogens with zero attached hydrogens (tertiary/aromatic N) is 2. The molecule has 0 bridgehead atoms. The summed E-state index contributed by atoms with van der Waals surface area (Å²) in [6.45, 7) is 0.227. The quantitative estimate of drug-likeness (QED) is 0.910. The molecule has 112 valence electrons. The molecule has 1 N–H and O–H groups in total. The van der Waals surface area contributed by atoms with Crippen LogP contribution in [0.15, 0.2) is 24.3 Å². The molecule has 1 aromatic rings. The first-order chi connectivity index (χ1) is 10.1. The van der Waals surface area contributed by atoms with E-state index >= 15 is 0 Å². The zero-order chi connectivity index (χ0) is 15.0. The van der Waals surface area contributed by atoms with Crippen LogP contribution in [0.4, 0.5) is 10.5 Å². The molecule has 5 heteroatoms. The van der Waals surface area contributed by atoms with Gasteiger partial charge in [0.2, 0.25) is 0 Å². The molecule has 0 radical (unpaired) electrons. The van der Waals surface area contributed by atoms with Crippen molar-refractivity contribution in [2.45, 2.75) is 37.6 Å². The van der Waals surface area contributed by atoms with E-state index in [2.05, 4.69) is 0 Å². The topological polar surface area (TPSA) is 60.9 Å². The number of carboxylic acid groups (broad SMARTS) is 1. The standard InChI is InChI=1S/C16H20N2O3/c1-17(11-6-2-3-7-11)16(21)18-10-13(15(19)20)12-8-4-5-9-14(12)18/h4-5,8-9,11,13H,2-3,6-7,10H2,1H3,(H,19,20). The molecule has 0 saturated heterocycles. The number of aliphatic carboxylic acids is 1. The van der Waals surface area contributed by atoms with Crippen LogP contribution in [-0.4, -0.2) is 41.6 Å². The molecule has 0 aromatic heterocycles. The SMILES string of the molecule is CN(C(=O)N1CC(C(=O)O)c2ccccc21)C1CCCC1. The number of carbonyl (C=O) groups is 2. The van der Waals surface area contributed by atoms with Gasteiger partial charge in [0.05, 0.1) is 0 Å². The molecular weight excluding hydrogens is 268 g/mol.